The van der Waals surface area contributed by atoms with Gasteiger partial charge in [-0.05, 0) is 41.9 Å². The van der Waals surface area contributed by atoms with E-state index in [1.165, 1.54) is 0 Å². The van der Waals surface area contributed by atoms with Crippen LogP contribution in [-0.2, 0) is 4.74 Å². The summed E-state index contributed by atoms with van der Waals surface area (Å²) >= 11 is 9.24. The molecule has 3 nitrogen and oxygen atoms in total. The van der Waals surface area contributed by atoms with Gasteiger partial charge in [0.15, 0.2) is 5.75 Å². The summed E-state index contributed by atoms with van der Waals surface area (Å²) in [6.45, 7) is 4.55. The number of hydrogen-bond acceptors (Lipinski definition) is 3. The Kier molecular flexibility index (Phi) is 5.10. The molecule has 17 heavy (non-hydrogen) atoms. The van der Waals surface area contributed by atoms with Crippen LogP contribution in [0.25, 0.3) is 0 Å². The Morgan fingerprint density at radius 1 is 1.41 bits per heavy atom. The lowest BCUT2D eigenvalue weighted by Crippen LogP contribution is -2.25. The van der Waals surface area contributed by atoms with Crippen LogP contribution in [0.1, 0.15) is 20.3 Å². The SMILES string of the molecule is COC(C)(C)CCOc1c(N)cc(Cl)cc1Br. The van der Waals surface area contributed by atoms with Crippen molar-refractivity contribution in [2.75, 3.05) is 19.5 Å². The molecular formula is C12H17BrClNO2. The average Bonchev–Trinajstić information content (AvgIpc) is 2.22. The predicted octanol–water partition coefficient (Wildman–Crippen LogP) is 3.88. The third-order valence-electron chi connectivity index (χ3n) is 2.54. The summed E-state index contributed by atoms with van der Waals surface area (Å²) < 4.78 is 11.7. The van der Waals surface area contributed by atoms with Crippen molar-refractivity contribution >= 4 is 33.2 Å². The Morgan fingerprint density at radius 2 is 2.06 bits per heavy atom. The van der Waals surface area contributed by atoms with E-state index in [4.69, 9.17) is 26.8 Å². The Labute approximate surface area is 115 Å². The first-order valence-corrected chi connectivity index (χ1v) is 6.45. The molecule has 0 radical (unpaired) electrons. The smallest absolute Gasteiger partial charge is 0.156 e. The maximum absolute atomic E-state index is 5.87. The van der Waals surface area contributed by atoms with Gasteiger partial charge in [0.25, 0.3) is 0 Å². The van der Waals surface area contributed by atoms with Gasteiger partial charge in [0.2, 0.25) is 0 Å². The monoisotopic (exact) mass is 321 g/mol. The van der Waals surface area contributed by atoms with Gasteiger partial charge in [0, 0.05) is 18.6 Å². The van der Waals surface area contributed by atoms with E-state index in [1.54, 1.807) is 19.2 Å². The highest BCUT2D eigenvalue weighted by Gasteiger charge is 2.17. The van der Waals surface area contributed by atoms with E-state index < -0.39 is 0 Å². The van der Waals surface area contributed by atoms with Crippen molar-refractivity contribution in [3.8, 4) is 5.75 Å². The third-order valence-corrected chi connectivity index (χ3v) is 3.35. The molecule has 2 N–H and O–H groups in total. The molecule has 0 heterocycles. The van der Waals surface area contributed by atoms with Crippen LogP contribution < -0.4 is 10.5 Å². The second kappa shape index (κ2) is 5.94. The number of nitrogens with two attached hydrogens (primary N) is 1. The fourth-order valence-corrected chi connectivity index (χ4v) is 2.18. The first-order valence-electron chi connectivity index (χ1n) is 5.28. The Bertz CT molecular complexity index is 373. The molecule has 1 rings (SSSR count). The van der Waals surface area contributed by atoms with Crippen LogP contribution in [0, 0.1) is 0 Å². The van der Waals surface area contributed by atoms with E-state index in [1.807, 2.05) is 13.8 Å². The lowest BCUT2D eigenvalue weighted by Gasteiger charge is -2.23. The minimum Gasteiger partial charge on any atom is -0.490 e. The van der Waals surface area contributed by atoms with Crippen molar-refractivity contribution in [2.45, 2.75) is 25.9 Å². The quantitative estimate of drug-likeness (QED) is 0.837. The highest BCUT2D eigenvalue weighted by molar-refractivity contribution is 9.10. The highest BCUT2D eigenvalue weighted by Crippen LogP contribution is 2.34. The number of hydrogen-bond donors (Lipinski definition) is 1. The lowest BCUT2D eigenvalue weighted by molar-refractivity contribution is 0.00545. The van der Waals surface area contributed by atoms with Gasteiger partial charge >= 0.3 is 0 Å². The Balaban J connectivity index is 2.64. The molecule has 0 saturated carbocycles. The normalized spacial score (nSPS) is 11.6. The maximum Gasteiger partial charge on any atom is 0.156 e. The zero-order chi connectivity index (χ0) is 13.1. The molecule has 0 atom stereocenters. The minimum atomic E-state index is -0.201. The van der Waals surface area contributed by atoms with Gasteiger partial charge in [-0.3, -0.25) is 0 Å². The first kappa shape index (κ1) is 14.6. The van der Waals surface area contributed by atoms with Gasteiger partial charge in [-0.25, -0.2) is 0 Å². The summed E-state index contributed by atoms with van der Waals surface area (Å²) in [5, 5.41) is 0.582. The molecule has 0 spiro atoms. The van der Waals surface area contributed by atoms with Crippen molar-refractivity contribution < 1.29 is 9.47 Å². The molecule has 96 valence electrons. The molecule has 0 bridgehead atoms. The second-order valence-corrected chi connectivity index (χ2v) is 5.66. The molecule has 0 saturated heterocycles. The van der Waals surface area contributed by atoms with Gasteiger partial charge in [0.05, 0.1) is 22.4 Å². The molecule has 0 amide bonds. The molecule has 1 aromatic carbocycles. The van der Waals surface area contributed by atoms with E-state index in [9.17, 15) is 0 Å². The molecule has 0 aliphatic heterocycles. The van der Waals surface area contributed by atoms with Gasteiger partial charge in [-0.1, -0.05) is 11.6 Å². The van der Waals surface area contributed by atoms with E-state index in [0.717, 1.165) is 10.9 Å². The molecule has 0 fully saturated rings. The molecule has 0 aromatic heterocycles. The number of halogens is 2. The van der Waals surface area contributed by atoms with Gasteiger partial charge < -0.3 is 15.2 Å². The largest absolute Gasteiger partial charge is 0.490 e. The van der Waals surface area contributed by atoms with Crippen LogP contribution in [0.5, 0.6) is 5.75 Å². The van der Waals surface area contributed by atoms with E-state index in [0.29, 0.717) is 23.1 Å². The van der Waals surface area contributed by atoms with Crippen molar-refractivity contribution in [1.82, 2.24) is 0 Å². The summed E-state index contributed by atoms with van der Waals surface area (Å²) in [6, 6.07) is 3.43. The van der Waals surface area contributed by atoms with Crippen molar-refractivity contribution in [3.63, 3.8) is 0 Å². The van der Waals surface area contributed by atoms with Crippen LogP contribution in [0.2, 0.25) is 5.02 Å². The second-order valence-electron chi connectivity index (χ2n) is 4.37. The molecule has 5 heteroatoms. The molecule has 0 unspecified atom stereocenters. The predicted molar refractivity (Wildman–Crippen MR) is 74.8 cm³/mol. The third kappa shape index (κ3) is 4.37. The summed E-state index contributed by atoms with van der Waals surface area (Å²) in [6.07, 6.45) is 0.776. The Morgan fingerprint density at radius 3 is 2.59 bits per heavy atom. The summed E-state index contributed by atoms with van der Waals surface area (Å²) in [7, 11) is 1.69. The van der Waals surface area contributed by atoms with Gasteiger partial charge in [-0.2, -0.15) is 0 Å². The van der Waals surface area contributed by atoms with Crippen LogP contribution >= 0.6 is 27.5 Å². The standard InChI is InChI=1S/C12H17BrClNO2/c1-12(2,16-3)4-5-17-11-9(13)6-8(14)7-10(11)15/h6-7H,4-5,15H2,1-3H3. The van der Waals surface area contributed by atoms with Crippen LogP contribution in [-0.4, -0.2) is 19.3 Å². The fourth-order valence-electron chi connectivity index (χ4n) is 1.23. The molecular weight excluding hydrogens is 305 g/mol. The number of ether oxygens (including phenoxy) is 2. The van der Waals surface area contributed by atoms with Crippen molar-refractivity contribution in [3.05, 3.63) is 21.6 Å². The van der Waals surface area contributed by atoms with Gasteiger partial charge in [0.1, 0.15) is 0 Å². The zero-order valence-electron chi connectivity index (χ0n) is 10.2. The summed E-state index contributed by atoms with van der Waals surface area (Å²) in [4.78, 5) is 0. The van der Waals surface area contributed by atoms with Crippen molar-refractivity contribution in [2.24, 2.45) is 0 Å². The zero-order valence-corrected chi connectivity index (χ0v) is 12.6. The number of anilines is 1. The number of methoxy groups -OCH3 is 1. The number of nitrogen functional groups attached to an aromatic ring is 1. The van der Waals surface area contributed by atoms with Crippen LogP contribution in [0.4, 0.5) is 5.69 Å². The van der Waals surface area contributed by atoms with E-state index >= 15 is 0 Å². The summed E-state index contributed by atoms with van der Waals surface area (Å²) in [5.74, 6) is 0.626. The first-order chi connectivity index (χ1) is 7.85. The number of rotatable bonds is 5. The van der Waals surface area contributed by atoms with Crippen molar-refractivity contribution in [1.29, 1.82) is 0 Å². The van der Waals surface area contributed by atoms with Gasteiger partial charge in [-0.15, -0.1) is 0 Å². The maximum atomic E-state index is 5.87. The van der Waals surface area contributed by atoms with Crippen LogP contribution in [0.3, 0.4) is 0 Å². The summed E-state index contributed by atoms with van der Waals surface area (Å²) in [5.41, 5.74) is 6.16. The highest BCUT2D eigenvalue weighted by atomic mass is 79.9. The Hall–Kier alpha value is -0.450. The minimum absolute atomic E-state index is 0.201. The number of benzene rings is 1. The average molecular weight is 323 g/mol. The lowest BCUT2D eigenvalue weighted by atomic mass is 10.1. The van der Waals surface area contributed by atoms with Crippen LogP contribution in [0.15, 0.2) is 16.6 Å². The van der Waals surface area contributed by atoms with E-state index in [2.05, 4.69) is 15.9 Å². The van der Waals surface area contributed by atoms with E-state index in [-0.39, 0.29) is 5.60 Å². The fraction of sp³-hybridized carbons (Fsp3) is 0.500. The molecule has 0 aliphatic rings. The topological polar surface area (TPSA) is 44.5 Å². The molecule has 0 aliphatic carbocycles. The molecule has 1 aromatic rings.